The van der Waals surface area contributed by atoms with Crippen LogP contribution in [0.1, 0.15) is 22.8 Å². The number of nitrogens with zero attached hydrogens (tertiary/aromatic N) is 3. The van der Waals surface area contributed by atoms with Gasteiger partial charge in [-0.25, -0.2) is 0 Å². The van der Waals surface area contributed by atoms with Crippen molar-refractivity contribution in [2.75, 3.05) is 5.73 Å². The molecule has 0 radical (unpaired) electrons. The van der Waals surface area contributed by atoms with Gasteiger partial charge in [0.05, 0.1) is 0 Å². The van der Waals surface area contributed by atoms with Crippen molar-refractivity contribution in [2.45, 2.75) is 19.3 Å². The molecule has 2 N–H and O–H groups in total. The summed E-state index contributed by atoms with van der Waals surface area (Å²) < 4.78 is 5.28. The number of aryl methyl sites for hydroxylation is 2. The molecule has 5 heteroatoms. The summed E-state index contributed by atoms with van der Waals surface area (Å²) in [6.07, 6.45) is 5.73. The molecule has 3 aromatic rings. The van der Waals surface area contributed by atoms with Gasteiger partial charge in [-0.1, -0.05) is 23.4 Å². The lowest BCUT2D eigenvalue weighted by Gasteiger charge is -1.99. The van der Waals surface area contributed by atoms with Crippen LogP contribution in [-0.4, -0.2) is 15.1 Å². The minimum Gasteiger partial charge on any atom is -0.399 e. The maximum atomic E-state index is 5.76. The third kappa shape index (κ3) is 3.66. The second kappa shape index (κ2) is 6.17. The van der Waals surface area contributed by atoms with Crippen LogP contribution in [0.5, 0.6) is 0 Å². The molecular formula is C16H16N4O. The fourth-order valence-corrected chi connectivity index (χ4v) is 2.15. The number of benzene rings is 1. The number of rotatable bonds is 5. The molecule has 0 spiro atoms. The van der Waals surface area contributed by atoms with Crippen molar-refractivity contribution in [3.05, 3.63) is 71.6 Å². The van der Waals surface area contributed by atoms with Crippen LogP contribution < -0.4 is 5.73 Å². The molecule has 106 valence electrons. The van der Waals surface area contributed by atoms with Gasteiger partial charge in [-0.15, -0.1) is 0 Å². The van der Waals surface area contributed by atoms with Crippen molar-refractivity contribution in [1.29, 1.82) is 0 Å². The van der Waals surface area contributed by atoms with E-state index in [9.17, 15) is 0 Å². The van der Waals surface area contributed by atoms with Gasteiger partial charge in [0.1, 0.15) is 0 Å². The highest BCUT2D eigenvalue weighted by Gasteiger charge is 2.07. The van der Waals surface area contributed by atoms with Gasteiger partial charge in [-0.2, -0.15) is 4.98 Å². The zero-order valence-corrected chi connectivity index (χ0v) is 11.6. The minimum absolute atomic E-state index is 0.635. The van der Waals surface area contributed by atoms with Gasteiger partial charge < -0.3 is 10.3 Å². The SMILES string of the molecule is Nc1cccc(CCc2nc(Cc3cccnc3)no2)c1. The Morgan fingerprint density at radius 1 is 1.05 bits per heavy atom. The molecule has 0 aliphatic rings. The molecule has 5 nitrogen and oxygen atoms in total. The van der Waals surface area contributed by atoms with Crippen molar-refractivity contribution in [1.82, 2.24) is 15.1 Å². The number of pyridine rings is 1. The van der Waals surface area contributed by atoms with E-state index in [1.54, 1.807) is 6.20 Å². The van der Waals surface area contributed by atoms with E-state index < -0.39 is 0 Å². The smallest absolute Gasteiger partial charge is 0.226 e. The van der Waals surface area contributed by atoms with E-state index in [0.29, 0.717) is 24.6 Å². The molecule has 0 saturated heterocycles. The average molecular weight is 280 g/mol. The molecule has 1 aromatic carbocycles. The Morgan fingerprint density at radius 2 is 1.95 bits per heavy atom. The predicted octanol–water partition coefficient (Wildman–Crippen LogP) is 2.42. The zero-order chi connectivity index (χ0) is 14.5. The van der Waals surface area contributed by atoms with Gasteiger partial charge in [-0.3, -0.25) is 4.98 Å². The van der Waals surface area contributed by atoms with E-state index in [-0.39, 0.29) is 0 Å². The van der Waals surface area contributed by atoms with Crippen molar-refractivity contribution in [3.63, 3.8) is 0 Å². The number of aromatic nitrogens is 3. The van der Waals surface area contributed by atoms with Crippen LogP contribution >= 0.6 is 0 Å². The van der Waals surface area contributed by atoms with Crippen molar-refractivity contribution < 1.29 is 4.52 Å². The van der Waals surface area contributed by atoms with Crippen molar-refractivity contribution in [3.8, 4) is 0 Å². The van der Waals surface area contributed by atoms with Gasteiger partial charge in [-0.05, 0) is 35.7 Å². The predicted molar refractivity (Wildman–Crippen MR) is 79.6 cm³/mol. The first-order valence-electron chi connectivity index (χ1n) is 6.84. The highest BCUT2D eigenvalue weighted by Crippen LogP contribution is 2.11. The lowest BCUT2D eigenvalue weighted by Crippen LogP contribution is -1.95. The first-order valence-corrected chi connectivity index (χ1v) is 6.84. The van der Waals surface area contributed by atoms with E-state index >= 15 is 0 Å². The monoisotopic (exact) mass is 280 g/mol. The maximum absolute atomic E-state index is 5.76. The minimum atomic E-state index is 0.635. The highest BCUT2D eigenvalue weighted by molar-refractivity contribution is 5.40. The van der Waals surface area contributed by atoms with Crippen LogP contribution in [-0.2, 0) is 19.3 Å². The van der Waals surface area contributed by atoms with Crippen molar-refractivity contribution >= 4 is 5.69 Å². The molecule has 0 bridgehead atoms. The third-order valence-electron chi connectivity index (χ3n) is 3.17. The molecule has 3 rings (SSSR count). The van der Waals surface area contributed by atoms with Crippen LogP contribution in [0.2, 0.25) is 0 Å². The molecule has 2 heterocycles. The van der Waals surface area contributed by atoms with Gasteiger partial charge in [0.25, 0.3) is 0 Å². The van der Waals surface area contributed by atoms with E-state index in [0.717, 1.165) is 17.7 Å². The summed E-state index contributed by atoms with van der Waals surface area (Å²) in [4.78, 5) is 8.48. The molecule has 0 atom stereocenters. The molecule has 0 saturated carbocycles. The Balaban J connectivity index is 1.60. The lowest BCUT2D eigenvalue weighted by molar-refractivity contribution is 0.374. The highest BCUT2D eigenvalue weighted by atomic mass is 16.5. The van der Waals surface area contributed by atoms with Gasteiger partial charge in [0.15, 0.2) is 5.82 Å². The fraction of sp³-hybridized carbons (Fsp3) is 0.188. The third-order valence-corrected chi connectivity index (χ3v) is 3.17. The van der Waals surface area contributed by atoms with Gasteiger partial charge >= 0.3 is 0 Å². The number of nitrogens with two attached hydrogens (primary N) is 1. The summed E-state index contributed by atoms with van der Waals surface area (Å²) in [7, 11) is 0. The fourth-order valence-electron chi connectivity index (χ4n) is 2.15. The molecule has 2 aromatic heterocycles. The first kappa shape index (κ1) is 13.3. The van der Waals surface area contributed by atoms with E-state index in [4.69, 9.17) is 10.3 Å². The standard InChI is InChI=1S/C16H16N4O/c17-14-5-1-3-12(9-14)6-7-16-19-15(20-21-16)10-13-4-2-8-18-11-13/h1-5,8-9,11H,6-7,10,17H2. The number of hydrogen-bond donors (Lipinski definition) is 1. The number of nitrogen functional groups attached to an aromatic ring is 1. The molecule has 0 amide bonds. The second-order valence-electron chi connectivity index (χ2n) is 4.89. The van der Waals surface area contributed by atoms with E-state index in [2.05, 4.69) is 15.1 Å². The molecule has 21 heavy (non-hydrogen) atoms. The lowest BCUT2D eigenvalue weighted by atomic mass is 10.1. The normalized spacial score (nSPS) is 10.7. The van der Waals surface area contributed by atoms with Gasteiger partial charge in [0.2, 0.25) is 5.89 Å². The molecule has 0 aliphatic carbocycles. The van der Waals surface area contributed by atoms with E-state index in [1.165, 1.54) is 5.56 Å². The van der Waals surface area contributed by atoms with Crippen LogP contribution in [0.3, 0.4) is 0 Å². The number of anilines is 1. The molecule has 0 aliphatic heterocycles. The van der Waals surface area contributed by atoms with Crippen LogP contribution in [0.4, 0.5) is 5.69 Å². The maximum Gasteiger partial charge on any atom is 0.226 e. The van der Waals surface area contributed by atoms with E-state index in [1.807, 2.05) is 42.6 Å². The quantitative estimate of drug-likeness (QED) is 0.726. The summed E-state index contributed by atoms with van der Waals surface area (Å²) >= 11 is 0. The summed E-state index contributed by atoms with van der Waals surface area (Å²) in [6.45, 7) is 0. The zero-order valence-electron chi connectivity index (χ0n) is 11.6. The Bertz CT molecular complexity index is 709. The Hall–Kier alpha value is -2.69. The van der Waals surface area contributed by atoms with Crippen LogP contribution in [0.25, 0.3) is 0 Å². The summed E-state index contributed by atoms with van der Waals surface area (Å²) in [5.74, 6) is 1.34. The largest absolute Gasteiger partial charge is 0.399 e. The summed E-state index contributed by atoms with van der Waals surface area (Å²) in [5.41, 5.74) is 8.77. The first-order chi connectivity index (χ1) is 10.3. The summed E-state index contributed by atoms with van der Waals surface area (Å²) in [5, 5.41) is 4.00. The molecule has 0 fully saturated rings. The number of hydrogen-bond acceptors (Lipinski definition) is 5. The van der Waals surface area contributed by atoms with Crippen LogP contribution in [0.15, 0.2) is 53.3 Å². The molecule has 0 unspecified atom stereocenters. The Labute approximate surface area is 122 Å². The van der Waals surface area contributed by atoms with Gasteiger partial charge in [0, 0.05) is 30.9 Å². The molecular weight excluding hydrogens is 264 g/mol. The second-order valence-corrected chi connectivity index (χ2v) is 4.89. The van der Waals surface area contributed by atoms with Crippen LogP contribution in [0, 0.1) is 0 Å². The Morgan fingerprint density at radius 3 is 2.76 bits per heavy atom. The topological polar surface area (TPSA) is 77.8 Å². The van der Waals surface area contributed by atoms with Crippen molar-refractivity contribution in [2.24, 2.45) is 0 Å². The summed E-state index contributed by atoms with van der Waals surface area (Å²) in [6, 6.07) is 11.7. The average Bonchev–Trinajstić information content (AvgIpc) is 2.94. The Kier molecular flexibility index (Phi) is 3.91.